The van der Waals surface area contributed by atoms with E-state index >= 15 is 0 Å². The lowest BCUT2D eigenvalue weighted by Gasteiger charge is -2.42. The number of aryl methyl sites for hydroxylation is 1. The molecule has 1 heterocycles. The van der Waals surface area contributed by atoms with Crippen LogP contribution in [-0.2, 0) is 22.6 Å². The van der Waals surface area contributed by atoms with Gasteiger partial charge in [-0.3, -0.25) is 4.68 Å². The number of carboxylic acid groups (broad SMARTS) is 1. The lowest BCUT2D eigenvalue weighted by Crippen LogP contribution is -2.50. The summed E-state index contributed by atoms with van der Waals surface area (Å²) in [7, 11) is -2.63. The van der Waals surface area contributed by atoms with E-state index in [1.807, 2.05) is 24.3 Å². The van der Waals surface area contributed by atoms with Crippen LogP contribution in [0.4, 0.5) is 0 Å². The Labute approximate surface area is 147 Å². The summed E-state index contributed by atoms with van der Waals surface area (Å²) < 4.78 is 30.2. The topological polar surface area (TPSA) is 101 Å². The van der Waals surface area contributed by atoms with Gasteiger partial charge in [0.1, 0.15) is 4.90 Å². The first-order valence-corrected chi connectivity index (χ1v) is 9.58. The minimum Gasteiger partial charge on any atom is -0.476 e. The first-order valence-electron chi connectivity index (χ1n) is 7.30. The lowest BCUT2D eigenvalue weighted by molar-refractivity contribution is 0.0680. The quantitative estimate of drug-likeness (QED) is 0.782. The van der Waals surface area contributed by atoms with E-state index in [0.717, 1.165) is 27.3 Å². The predicted octanol–water partition coefficient (Wildman–Crippen LogP) is 2.24. The van der Waals surface area contributed by atoms with E-state index in [1.54, 1.807) is 0 Å². The van der Waals surface area contributed by atoms with Gasteiger partial charge in [-0.1, -0.05) is 28.1 Å². The SMILES string of the molecule is Cn1ncc(S(=O)(=O)NC2(c3cccc(Br)c3)CCC2)c1C(=O)O. The minimum atomic E-state index is -4.02. The molecule has 1 aliphatic rings. The maximum absolute atomic E-state index is 12.8. The number of carboxylic acids is 1. The fourth-order valence-corrected chi connectivity index (χ4v) is 4.94. The van der Waals surface area contributed by atoms with Gasteiger partial charge in [-0.2, -0.15) is 5.10 Å². The minimum absolute atomic E-state index is 0.321. The number of aromatic nitrogens is 2. The van der Waals surface area contributed by atoms with Gasteiger partial charge >= 0.3 is 5.97 Å². The van der Waals surface area contributed by atoms with E-state index in [2.05, 4.69) is 25.8 Å². The largest absolute Gasteiger partial charge is 0.476 e. The number of rotatable bonds is 5. The molecular formula is C15H16BrN3O4S. The third-order valence-electron chi connectivity index (χ3n) is 4.31. The van der Waals surface area contributed by atoms with Crippen molar-refractivity contribution in [1.29, 1.82) is 0 Å². The molecule has 1 aromatic carbocycles. The van der Waals surface area contributed by atoms with Crippen LogP contribution < -0.4 is 4.72 Å². The van der Waals surface area contributed by atoms with Crippen molar-refractivity contribution in [3.63, 3.8) is 0 Å². The molecule has 1 fully saturated rings. The molecule has 1 aromatic heterocycles. The molecule has 0 radical (unpaired) electrons. The van der Waals surface area contributed by atoms with E-state index < -0.39 is 21.5 Å². The van der Waals surface area contributed by atoms with E-state index in [1.165, 1.54) is 7.05 Å². The highest BCUT2D eigenvalue weighted by Gasteiger charge is 2.43. The van der Waals surface area contributed by atoms with E-state index in [0.29, 0.717) is 12.8 Å². The third kappa shape index (κ3) is 2.87. The molecule has 0 spiro atoms. The van der Waals surface area contributed by atoms with Crippen molar-refractivity contribution in [2.45, 2.75) is 29.7 Å². The van der Waals surface area contributed by atoms with E-state index in [9.17, 15) is 18.3 Å². The van der Waals surface area contributed by atoms with Crippen LogP contribution in [0, 0.1) is 0 Å². The lowest BCUT2D eigenvalue weighted by atomic mass is 9.73. The molecule has 1 saturated carbocycles. The van der Waals surface area contributed by atoms with Crippen LogP contribution in [0.25, 0.3) is 0 Å². The molecule has 1 aliphatic carbocycles. The van der Waals surface area contributed by atoms with Gasteiger partial charge in [-0.05, 0) is 37.0 Å². The highest BCUT2D eigenvalue weighted by Crippen LogP contribution is 2.43. The molecule has 3 rings (SSSR count). The van der Waals surface area contributed by atoms with Gasteiger partial charge in [0.2, 0.25) is 10.0 Å². The zero-order chi connectivity index (χ0) is 17.5. The van der Waals surface area contributed by atoms with Crippen molar-refractivity contribution in [3.8, 4) is 0 Å². The molecule has 2 N–H and O–H groups in total. The van der Waals surface area contributed by atoms with Gasteiger partial charge in [0, 0.05) is 11.5 Å². The summed E-state index contributed by atoms with van der Waals surface area (Å²) in [4.78, 5) is 11.0. The Morgan fingerprint density at radius 3 is 2.67 bits per heavy atom. The molecule has 24 heavy (non-hydrogen) atoms. The van der Waals surface area contributed by atoms with Crippen LogP contribution in [-0.4, -0.2) is 29.3 Å². The summed E-state index contributed by atoms with van der Waals surface area (Å²) in [6.45, 7) is 0. The van der Waals surface area contributed by atoms with Gasteiger partial charge in [0.25, 0.3) is 0 Å². The second kappa shape index (κ2) is 5.98. The molecule has 2 aromatic rings. The second-order valence-electron chi connectivity index (χ2n) is 5.84. The Morgan fingerprint density at radius 2 is 2.12 bits per heavy atom. The zero-order valence-corrected chi connectivity index (χ0v) is 15.3. The summed E-state index contributed by atoms with van der Waals surface area (Å²) in [6.07, 6.45) is 3.28. The zero-order valence-electron chi connectivity index (χ0n) is 12.9. The standard InChI is InChI=1S/C15H16BrN3O4S/c1-19-13(14(20)21)12(9-17-19)24(22,23)18-15(6-3-7-15)10-4-2-5-11(16)8-10/h2,4-5,8-9,18H,3,6-7H2,1H3,(H,20,21). The van der Waals surface area contributed by atoms with Crippen LogP contribution in [0.1, 0.15) is 35.3 Å². The Bertz CT molecular complexity index is 903. The summed E-state index contributed by atoms with van der Waals surface area (Å²) >= 11 is 3.40. The van der Waals surface area contributed by atoms with Gasteiger partial charge < -0.3 is 5.11 Å². The van der Waals surface area contributed by atoms with Crippen molar-refractivity contribution in [2.75, 3.05) is 0 Å². The molecule has 128 valence electrons. The molecule has 9 heteroatoms. The van der Waals surface area contributed by atoms with Crippen LogP contribution in [0.3, 0.4) is 0 Å². The first-order chi connectivity index (χ1) is 11.3. The van der Waals surface area contributed by atoms with Crippen molar-refractivity contribution < 1.29 is 18.3 Å². The number of benzene rings is 1. The maximum atomic E-state index is 12.8. The number of nitrogens with zero attached hydrogens (tertiary/aromatic N) is 2. The van der Waals surface area contributed by atoms with Crippen LogP contribution in [0.2, 0.25) is 0 Å². The Kier molecular flexibility index (Phi) is 4.27. The Hall–Kier alpha value is -1.71. The fraction of sp³-hybridized carbons (Fsp3) is 0.333. The molecule has 7 nitrogen and oxygen atoms in total. The molecular weight excluding hydrogens is 398 g/mol. The van der Waals surface area contributed by atoms with E-state index in [4.69, 9.17) is 0 Å². The average Bonchev–Trinajstić information content (AvgIpc) is 2.86. The molecule has 0 unspecified atom stereocenters. The third-order valence-corrected chi connectivity index (χ3v) is 6.34. The summed E-state index contributed by atoms with van der Waals surface area (Å²) in [5.41, 5.74) is -0.215. The highest BCUT2D eigenvalue weighted by atomic mass is 79.9. The predicted molar refractivity (Wildman–Crippen MR) is 90.2 cm³/mol. The van der Waals surface area contributed by atoms with Gasteiger partial charge in [-0.15, -0.1) is 0 Å². The van der Waals surface area contributed by atoms with Crippen LogP contribution in [0.15, 0.2) is 39.8 Å². The van der Waals surface area contributed by atoms with Crippen molar-refractivity contribution in [2.24, 2.45) is 7.05 Å². The molecule has 0 bridgehead atoms. The molecule has 0 atom stereocenters. The van der Waals surface area contributed by atoms with Crippen LogP contribution in [0.5, 0.6) is 0 Å². The number of aromatic carboxylic acids is 1. The van der Waals surface area contributed by atoms with Crippen molar-refractivity contribution >= 4 is 31.9 Å². The van der Waals surface area contributed by atoms with Gasteiger partial charge in [-0.25, -0.2) is 17.9 Å². The van der Waals surface area contributed by atoms with Crippen molar-refractivity contribution in [1.82, 2.24) is 14.5 Å². The first kappa shape index (κ1) is 17.1. The van der Waals surface area contributed by atoms with Gasteiger partial charge in [0.15, 0.2) is 5.69 Å². The average molecular weight is 414 g/mol. The molecule has 0 saturated heterocycles. The smallest absolute Gasteiger partial charge is 0.355 e. The van der Waals surface area contributed by atoms with Crippen molar-refractivity contribution in [3.05, 3.63) is 46.2 Å². The molecule has 0 aliphatic heterocycles. The normalized spacial score (nSPS) is 16.6. The highest BCUT2D eigenvalue weighted by molar-refractivity contribution is 9.10. The number of sulfonamides is 1. The number of hydrogen-bond acceptors (Lipinski definition) is 4. The Balaban J connectivity index is 2.01. The summed E-state index contributed by atoms with van der Waals surface area (Å²) in [5, 5.41) is 13.0. The number of carbonyl (C=O) groups is 1. The van der Waals surface area contributed by atoms with E-state index in [-0.39, 0.29) is 10.6 Å². The molecule has 0 amide bonds. The summed E-state index contributed by atoms with van der Waals surface area (Å²) in [6, 6.07) is 7.46. The monoisotopic (exact) mass is 413 g/mol. The summed E-state index contributed by atoms with van der Waals surface area (Å²) in [5.74, 6) is -1.33. The maximum Gasteiger partial charge on any atom is 0.355 e. The number of hydrogen-bond donors (Lipinski definition) is 2. The van der Waals surface area contributed by atoms with Gasteiger partial charge in [0.05, 0.1) is 11.7 Å². The number of halogens is 1. The number of nitrogens with one attached hydrogen (secondary N) is 1. The van der Waals surface area contributed by atoms with Crippen LogP contribution >= 0.6 is 15.9 Å². The second-order valence-corrected chi connectivity index (χ2v) is 8.40. The fourth-order valence-electron chi connectivity index (χ4n) is 2.94. The Morgan fingerprint density at radius 1 is 1.42 bits per heavy atom.